The summed E-state index contributed by atoms with van der Waals surface area (Å²) in [5.41, 5.74) is 0.780. The molecule has 0 aliphatic carbocycles. The molecule has 0 unspecified atom stereocenters. The van der Waals surface area contributed by atoms with Crippen LogP contribution in [-0.2, 0) is 16.0 Å². The van der Waals surface area contributed by atoms with Crippen LogP contribution in [0.2, 0.25) is 0 Å². The highest BCUT2D eigenvalue weighted by atomic mass is 16.5. The van der Waals surface area contributed by atoms with Crippen LogP contribution in [0.25, 0.3) is 0 Å². The Hall–Kier alpha value is -1.55. The van der Waals surface area contributed by atoms with Crippen molar-refractivity contribution in [1.82, 2.24) is 0 Å². The molecule has 1 fully saturated rings. The van der Waals surface area contributed by atoms with E-state index in [-0.39, 0.29) is 12.5 Å². The Labute approximate surface area is 93.8 Å². The van der Waals surface area contributed by atoms with Crippen LogP contribution in [0.4, 0.5) is 0 Å². The molecule has 16 heavy (non-hydrogen) atoms. The van der Waals surface area contributed by atoms with Crippen molar-refractivity contribution in [2.75, 3.05) is 13.2 Å². The zero-order valence-corrected chi connectivity index (χ0v) is 8.89. The largest absolute Gasteiger partial charge is 0.488 e. The van der Waals surface area contributed by atoms with Crippen molar-refractivity contribution in [1.29, 1.82) is 0 Å². The molecule has 1 aromatic rings. The first-order valence-corrected chi connectivity index (χ1v) is 5.29. The van der Waals surface area contributed by atoms with E-state index in [1.165, 1.54) is 0 Å². The molecule has 0 radical (unpaired) electrons. The summed E-state index contributed by atoms with van der Waals surface area (Å²) in [6, 6.07) is 7.16. The standard InChI is InChI=1S/C12H14O4/c13-12(14)7-9-1-3-10(4-2-9)16-11-5-6-15-8-11/h1-4,11H,5-8H2,(H,13,14)/t11-/m0/s1. The Kier molecular flexibility index (Phi) is 3.41. The van der Waals surface area contributed by atoms with Gasteiger partial charge in [-0.15, -0.1) is 0 Å². The minimum Gasteiger partial charge on any atom is -0.488 e. The summed E-state index contributed by atoms with van der Waals surface area (Å²) < 4.78 is 10.9. The molecule has 2 rings (SSSR count). The highest BCUT2D eigenvalue weighted by Gasteiger charge is 2.16. The second-order valence-corrected chi connectivity index (χ2v) is 3.82. The van der Waals surface area contributed by atoms with Crippen LogP contribution in [0, 0.1) is 0 Å². The summed E-state index contributed by atoms with van der Waals surface area (Å²) in [5, 5.41) is 8.62. The van der Waals surface area contributed by atoms with E-state index < -0.39 is 5.97 Å². The molecule has 4 heteroatoms. The number of rotatable bonds is 4. The molecular formula is C12H14O4. The third kappa shape index (κ3) is 2.97. The van der Waals surface area contributed by atoms with Gasteiger partial charge < -0.3 is 14.6 Å². The van der Waals surface area contributed by atoms with E-state index in [9.17, 15) is 4.79 Å². The third-order valence-corrected chi connectivity index (χ3v) is 2.47. The van der Waals surface area contributed by atoms with E-state index in [1.807, 2.05) is 0 Å². The van der Waals surface area contributed by atoms with Gasteiger partial charge in [0.2, 0.25) is 0 Å². The lowest BCUT2D eigenvalue weighted by Gasteiger charge is -2.11. The molecule has 1 saturated heterocycles. The zero-order valence-electron chi connectivity index (χ0n) is 8.89. The van der Waals surface area contributed by atoms with Crippen LogP contribution in [0.1, 0.15) is 12.0 Å². The van der Waals surface area contributed by atoms with Gasteiger partial charge in [-0.3, -0.25) is 4.79 Å². The van der Waals surface area contributed by atoms with Gasteiger partial charge in [0, 0.05) is 6.42 Å². The maximum Gasteiger partial charge on any atom is 0.307 e. The lowest BCUT2D eigenvalue weighted by molar-refractivity contribution is -0.136. The van der Waals surface area contributed by atoms with E-state index in [0.717, 1.165) is 24.3 Å². The van der Waals surface area contributed by atoms with Gasteiger partial charge in [-0.05, 0) is 17.7 Å². The van der Waals surface area contributed by atoms with Crippen molar-refractivity contribution in [3.05, 3.63) is 29.8 Å². The molecule has 0 spiro atoms. The summed E-state index contributed by atoms with van der Waals surface area (Å²) in [5.74, 6) is -0.0532. The number of hydrogen-bond donors (Lipinski definition) is 1. The molecule has 0 saturated carbocycles. The predicted molar refractivity (Wildman–Crippen MR) is 57.6 cm³/mol. The average molecular weight is 222 g/mol. The van der Waals surface area contributed by atoms with Crippen molar-refractivity contribution < 1.29 is 19.4 Å². The van der Waals surface area contributed by atoms with Gasteiger partial charge in [0.15, 0.2) is 0 Å². The van der Waals surface area contributed by atoms with Crippen molar-refractivity contribution >= 4 is 5.97 Å². The van der Waals surface area contributed by atoms with Gasteiger partial charge >= 0.3 is 5.97 Å². The molecule has 1 aliphatic heterocycles. The Morgan fingerprint density at radius 2 is 2.19 bits per heavy atom. The maximum atomic E-state index is 10.5. The normalized spacial score (nSPS) is 19.6. The van der Waals surface area contributed by atoms with Crippen molar-refractivity contribution in [2.45, 2.75) is 18.9 Å². The van der Waals surface area contributed by atoms with Crippen LogP contribution in [0.15, 0.2) is 24.3 Å². The number of aliphatic carboxylic acids is 1. The molecule has 86 valence electrons. The monoisotopic (exact) mass is 222 g/mol. The van der Waals surface area contributed by atoms with E-state index in [0.29, 0.717) is 6.61 Å². The van der Waals surface area contributed by atoms with Gasteiger partial charge in [0.25, 0.3) is 0 Å². The quantitative estimate of drug-likeness (QED) is 0.838. The smallest absolute Gasteiger partial charge is 0.307 e. The fourth-order valence-corrected chi connectivity index (χ4v) is 1.66. The van der Waals surface area contributed by atoms with Gasteiger partial charge in [-0.1, -0.05) is 12.1 Å². The second kappa shape index (κ2) is 4.99. The number of ether oxygens (including phenoxy) is 2. The Morgan fingerprint density at radius 1 is 1.44 bits per heavy atom. The highest BCUT2D eigenvalue weighted by Crippen LogP contribution is 2.17. The van der Waals surface area contributed by atoms with Crippen LogP contribution in [-0.4, -0.2) is 30.4 Å². The molecule has 1 atom stereocenters. The second-order valence-electron chi connectivity index (χ2n) is 3.82. The summed E-state index contributed by atoms with van der Waals surface area (Å²) in [4.78, 5) is 10.5. The van der Waals surface area contributed by atoms with Crippen molar-refractivity contribution in [2.24, 2.45) is 0 Å². The number of carboxylic acid groups (broad SMARTS) is 1. The minimum atomic E-state index is -0.821. The zero-order chi connectivity index (χ0) is 11.4. The van der Waals surface area contributed by atoms with Gasteiger partial charge in [0.1, 0.15) is 11.9 Å². The van der Waals surface area contributed by atoms with E-state index in [1.54, 1.807) is 24.3 Å². The molecule has 1 aromatic carbocycles. The van der Waals surface area contributed by atoms with Crippen LogP contribution in [0.5, 0.6) is 5.75 Å². The highest BCUT2D eigenvalue weighted by molar-refractivity contribution is 5.70. The van der Waals surface area contributed by atoms with Crippen LogP contribution < -0.4 is 4.74 Å². The van der Waals surface area contributed by atoms with E-state index in [2.05, 4.69) is 0 Å². The molecule has 1 heterocycles. The molecule has 0 amide bonds. The summed E-state index contributed by atoms with van der Waals surface area (Å²) in [6.07, 6.45) is 1.09. The van der Waals surface area contributed by atoms with Crippen LogP contribution in [0.3, 0.4) is 0 Å². The first kappa shape index (κ1) is 11.0. The van der Waals surface area contributed by atoms with Gasteiger partial charge in [-0.2, -0.15) is 0 Å². The molecule has 0 aromatic heterocycles. The summed E-state index contributed by atoms with van der Waals surface area (Å²) >= 11 is 0. The molecule has 1 N–H and O–H groups in total. The Bertz CT molecular complexity index is 352. The topological polar surface area (TPSA) is 55.8 Å². The summed E-state index contributed by atoms with van der Waals surface area (Å²) in [7, 11) is 0. The summed E-state index contributed by atoms with van der Waals surface area (Å²) in [6.45, 7) is 1.39. The fraction of sp³-hybridized carbons (Fsp3) is 0.417. The lowest BCUT2D eigenvalue weighted by Crippen LogP contribution is -2.15. The van der Waals surface area contributed by atoms with Crippen LogP contribution >= 0.6 is 0 Å². The number of hydrogen-bond acceptors (Lipinski definition) is 3. The predicted octanol–water partition coefficient (Wildman–Crippen LogP) is 1.48. The molecule has 0 bridgehead atoms. The van der Waals surface area contributed by atoms with Crippen molar-refractivity contribution in [3.63, 3.8) is 0 Å². The fourth-order valence-electron chi connectivity index (χ4n) is 1.66. The minimum absolute atomic E-state index is 0.0484. The first-order valence-electron chi connectivity index (χ1n) is 5.29. The Morgan fingerprint density at radius 3 is 2.75 bits per heavy atom. The average Bonchev–Trinajstić information content (AvgIpc) is 2.73. The number of carbonyl (C=O) groups is 1. The van der Waals surface area contributed by atoms with Gasteiger partial charge in [-0.25, -0.2) is 0 Å². The molecular weight excluding hydrogens is 208 g/mol. The lowest BCUT2D eigenvalue weighted by atomic mass is 10.1. The van der Waals surface area contributed by atoms with E-state index in [4.69, 9.17) is 14.6 Å². The maximum absolute atomic E-state index is 10.5. The van der Waals surface area contributed by atoms with Gasteiger partial charge in [0.05, 0.1) is 19.6 Å². The Balaban J connectivity index is 1.93. The molecule has 1 aliphatic rings. The third-order valence-electron chi connectivity index (χ3n) is 2.47. The number of benzene rings is 1. The first-order chi connectivity index (χ1) is 7.74. The SMILES string of the molecule is O=C(O)Cc1ccc(O[C@H]2CCOC2)cc1. The van der Waals surface area contributed by atoms with Crippen molar-refractivity contribution in [3.8, 4) is 5.75 Å². The van der Waals surface area contributed by atoms with E-state index >= 15 is 0 Å². The molecule has 4 nitrogen and oxygen atoms in total. The number of carboxylic acids is 1.